The number of nitrogens with zero attached hydrogens (tertiary/aromatic N) is 1. The van der Waals surface area contributed by atoms with Gasteiger partial charge < -0.3 is 0 Å². The average Bonchev–Trinajstić information content (AvgIpc) is 2.38. The molecule has 1 aliphatic rings. The number of aromatic nitrogens is 2. The van der Waals surface area contributed by atoms with Crippen molar-refractivity contribution in [1.29, 1.82) is 0 Å². The number of benzene rings is 1. The van der Waals surface area contributed by atoms with Crippen molar-refractivity contribution < 1.29 is 0 Å². The van der Waals surface area contributed by atoms with Crippen LogP contribution in [0.1, 0.15) is 36.6 Å². The van der Waals surface area contributed by atoms with Crippen molar-refractivity contribution in [1.82, 2.24) is 10.2 Å². The number of hydrogen-bond acceptors (Lipinski definition) is 2. The Balaban J connectivity index is 2.36. The fraction of sp³-hybridized carbons (Fsp3) is 0.429. The molecule has 0 saturated heterocycles. The van der Waals surface area contributed by atoms with E-state index in [2.05, 4.69) is 29.3 Å². The lowest BCUT2D eigenvalue weighted by Crippen LogP contribution is -2.13. The highest BCUT2D eigenvalue weighted by atomic mass is 16.1. The van der Waals surface area contributed by atoms with E-state index in [1.165, 1.54) is 24.0 Å². The standard InChI is InChI=1S/C14H16N2O/c1-2-13-11-7-9-5-3-4-6-10(9)8-12(11)14(17)16-15-13/h7-8H,2-6H2,1H3,(H,16,17). The molecule has 17 heavy (non-hydrogen) atoms. The van der Waals surface area contributed by atoms with Crippen molar-refractivity contribution >= 4 is 10.8 Å². The van der Waals surface area contributed by atoms with E-state index in [1.807, 2.05) is 0 Å². The summed E-state index contributed by atoms with van der Waals surface area (Å²) < 4.78 is 0. The van der Waals surface area contributed by atoms with Crippen LogP contribution in [0, 0.1) is 0 Å². The van der Waals surface area contributed by atoms with Gasteiger partial charge in [-0.15, -0.1) is 0 Å². The molecule has 3 nitrogen and oxygen atoms in total. The van der Waals surface area contributed by atoms with Crippen molar-refractivity contribution in [2.24, 2.45) is 0 Å². The lowest BCUT2D eigenvalue weighted by atomic mass is 9.89. The molecule has 1 N–H and O–H groups in total. The molecule has 1 heterocycles. The van der Waals surface area contributed by atoms with Crippen LogP contribution in [0.4, 0.5) is 0 Å². The number of H-pyrrole nitrogens is 1. The van der Waals surface area contributed by atoms with Crippen LogP contribution < -0.4 is 5.56 Å². The lowest BCUT2D eigenvalue weighted by Gasteiger charge is -2.16. The highest BCUT2D eigenvalue weighted by Crippen LogP contribution is 2.26. The zero-order chi connectivity index (χ0) is 11.8. The Kier molecular flexibility index (Phi) is 2.46. The van der Waals surface area contributed by atoms with Crippen molar-refractivity contribution in [2.45, 2.75) is 39.0 Å². The smallest absolute Gasteiger partial charge is 0.267 e. The van der Waals surface area contributed by atoms with Gasteiger partial charge in [-0.3, -0.25) is 4.79 Å². The van der Waals surface area contributed by atoms with E-state index < -0.39 is 0 Å². The molecule has 3 heteroatoms. The van der Waals surface area contributed by atoms with Crippen LogP contribution in [0.5, 0.6) is 0 Å². The second-order valence-electron chi connectivity index (χ2n) is 4.73. The quantitative estimate of drug-likeness (QED) is 0.814. The maximum atomic E-state index is 11.8. The Morgan fingerprint density at radius 2 is 1.82 bits per heavy atom. The first-order valence-electron chi connectivity index (χ1n) is 6.32. The van der Waals surface area contributed by atoms with Crippen LogP contribution in [0.3, 0.4) is 0 Å². The molecule has 1 aromatic carbocycles. The van der Waals surface area contributed by atoms with Gasteiger partial charge in [0.05, 0.1) is 11.1 Å². The maximum Gasteiger partial charge on any atom is 0.272 e. The number of aryl methyl sites for hydroxylation is 3. The third-order valence-electron chi connectivity index (χ3n) is 3.66. The second-order valence-corrected chi connectivity index (χ2v) is 4.73. The minimum Gasteiger partial charge on any atom is -0.267 e. The van der Waals surface area contributed by atoms with E-state index in [0.29, 0.717) is 0 Å². The minimum absolute atomic E-state index is 0.0643. The first kappa shape index (κ1) is 10.5. The van der Waals surface area contributed by atoms with Gasteiger partial charge in [-0.2, -0.15) is 5.10 Å². The summed E-state index contributed by atoms with van der Waals surface area (Å²) in [5, 5.41) is 8.57. The van der Waals surface area contributed by atoms with Gasteiger partial charge in [-0.1, -0.05) is 6.92 Å². The summed E-state index contributed by atoms with van der Waals surface area (Å²) in [4.78, 5) is 11.8. The first-order valence-corrected chi connectivity index (χ1v) is 6.32. The van der Waals surface area contributed by atoms with Crippen LogP contribution in [0.25, 0.3) is 10.8 Å². The Morgan fingerprint density at radius 3 is 2.47 bits per heavy atom. The molecule has 0 spiro atoms. The molecule has 0 unspecified atom stereocenters. The molecular formula is C14H16N2O. The molecule has 0 radical (unpaired) electrons. The van der Waals surface area contributed by atoms with E-state index >= 15 is 0 Å². The van der Waals surface area contributed by atoms with Crippen molar-refractivity contribution in [3.8, 4) is 0 Å². The van der Waals surface area contributed by atoms with E-state index in [0.717, 1.165) is 35.7 Å². The lowest BCUT2D eigenvalue weighted by molar-refractivity contribution is 0.686. The topological polar surface area (TPSA) is 45.8 Å². The summed E-state index contributed by atoms with van der Waals surface area (Å²) in [7, 11) is 0. The molecule has 0 atom stereocenters. The normalized spacial score (nSPS) is 14.9. The van der Waals surface area contributed by atoms with Crippen LogP contribution in [0.2, 0.25) is 0 Å². The summed E-state index contributed by atoms with van der Waals surface area (Å²) in [6, 6.07) is 4.26. The van der Waals surface area contributed by atoms with Gasteiger partial charge in [-0.25, -0.2) is 5.10 Å². The number of fused-ring (bicyclic) bond motifs is 2. The van der Waals surface area contributed by atoms with Crippen LogP contribution in [-0.2, 0) is 19.3 Å². The predicted molar refractivity (Wildman–Crippen MR) is 68.4 cm³/mol. The van der Waals surface area contributed by atoms with Crippen LogP contribution in [-0.4, -0.2) is 10.2 Å². The number of aromatic amines is 1. The molecule has 2 aromatic rings. The SMILES string of the molecule is CCc1n[nH]c(=O)c2cc3c(cc12)CCCC3. The molecule has 0 saturated carbocycles. The van der Waals surface area contributed by atoms with E-state index in [-0.39, 0.29) is 5.56 Å². The Labute approximate surface area is 99.9 Å². The Bertz CT molecular complexity index is 628. The van der Waals surface area contributed by atoms with E-state index in [9.17, 15) is 4.79 Å². The second kappa shape index (κ2) is 3.99. The number of hydrogen-bond donors (Lipinski definition) is 1. The summed E-state index contributed by atoms with van der Waals surface area (Å²) in [6.45, 7) is 2.07. The molecule has 88 valence electrons. The fourth-order valence-corrected chi connectivity index (χ4v) is 2.72. The van der Waals surface area contributed by atoms with Crippen LogP contribution in [0.15, 0.2) is 16.9 Å². The Hall–Kier alpha value is -1.64. The highest BCUT2D eigenvalue weighted by molar-refractivity contribution is 5.85. The molecule has 1 aliphatic carbocycles. The van der Waals surface area contributed by atoms with Crippen molar-refractivity contribution in [3.05, 3.63) is 39.3 Å². The monoisotopic (exact) mass is 228 g/mol. The fourth-order valence-electron chi connectivity index (χ4n) is 2.72. The van der Waals surface area contributed by atoms with Gasteiger partial charge in [0, 0.05) is 5.39 Å². The number of nitrogens with one attached hydrogen (secondary N) is 1. The van der Waals surface area contributed by atoms with Gasteiger partial charge in [-0.05, 0) is 55.4 Å². The van der Waals surface area contributed by atoms with Gasteiger partial charge >= 0.3 is 0 Å². The zero-order valence-electron chi connectivity index (χ0n) is 10.0. The zero-order valence-corrected chi connectivity index (χ0v) is 10.0. The summed E-state index contributed by atoms with van der Waals surface area (Å²) in [5.74, 6) is 0. The molecule has 0 aliphatic heterocycles. The molecule has 0 bridgehead atoms. The largest absolute Gasteiger partial charge is 0.272 e. The highest BCUT2D eigenvalue weighted by Gasteiger charge is 2.13. The van der Waals surface area contributed by atoms with Gasteiger partial charge in [0.2, 0.25) is 0 Å². The minimum atomic E-state index is -0.0643. The summed E-state index contributed by atoms with van der Waals surface area (Å²) in [5.41, 5.74) is 3.69. The Morgan fingerprint density at radius 1 is 1.18 bits per heavy atom. The molecule has 1 aromatic heterocycles. The number of rotatable bonds is 1. The third kappa shape index (κ3) is 1.66. The van der Waals surface area contributed by atoms with Gasteiger partial charge in [0.15, 0.2) is 0 Å². The van der Waals surface area contributed by atoms with E-state index in [1.54, 1.807) is 0 Å². The van der Waals surface area contributed by atoms with Crippen LogP contribution >= 0.6 is 0 Å². The van der Waals surface area contributed by atoms with Crippen molar-refractivity contribution in [3.63, 3.8) is 0 Å². The van der Waals surface area contributed by atoms with Gasteiger partial charge in [0.1, 0.15) is 0 Å². The molecule has 0 amide bonds. The molecule has 0 fully saturated rings. The first-order chi connectivity index (χ1) is 8.29. The summed E-state index contributed by atoms with van der Waals surface area (Å²) in [6.07, 6.45) is 5.60. The third-order valence-corrected chi connectivity index (χ3v) is 3.66. The maximum absolute atomic E-state index is 11.8. The van der Waals surface area contributed by atoms with Crippen molar-refractivity contribution in [2.75, 3.05) is 0 Å². The molecule has 3 rings (SSSR count). The predicted octanol–water partition coefficient (Wildman–Crippen LogP) is 2.36. The summed E-state index contributed by atoms with van der Waals surface area (Å²) >= 11 is 0. The molecular weight excluding hydrogens is 212 g/mol. The van der Waals surface area contributed by atoms with Gasteiger partial charge in [0.25, 0.3) is 5.56 Å². The van der Waals surface area contributed by atoms with E-state index in [4.69, 9.17) is 0 Å². The average molecular weight is 228 g/mol.